The number of amides is 2. The highest BCUT2D eigenvalue weighted by Crippen LogP contribution is 2.37. The molecule has 6 aromatic heterocycles. The van der Waals surface area contributed by atoms with Crippen molar-refractivity contribution in [2.75, 3.05) is 75.8 Å². The minimum absolute atomic E-state index is 0.0435. The zero-order valence-electron chi connectivity index (χ0n) is 47.3. The highest BCUT2D eigenvalue weighted by molar-refractivity contribution is 6.35. The van der Waals surface area contributed by atoms with Gasteiger partial charge in [-0.05, 0) is 82.0 Å². The van der Waals surface area contributed by atoms with Crippen molar-refractivity contribution < 1.29 is 57.1 Å². The molecule has 2 atom stereocenters. The molecule has 8 rings (SSSR count). The Morgan fingerprint density at radius 2 is 1.56 bits per heavy atom. The van der Waals surface area contributed by atoms with Gasteiger partial charge in [-0.25, -0.2) is 43.5 Å². The number of carboxylic acid groups (broad SMARTS) is 1. The summed E-state index contributed by atoms with van der Waals surface area (Å²) < 4.78 is 60.0. The van der Waals surface area contributed by atoms with Crippen LogP contribution in [-0.4, -0.2) is 148 Å². The molecule has 2 aromatic carbocycles. The van der Waals surface area contributed by atoms with Crippen LogP contribution in [0.3, 0.4) is 0 Å². The van der Waals surface area contributed by atoms with Crippen molar-refractivity contribution in [2.45, 2.75) is 77.7 Å². The second kappa shape index (κ2) is 31.6. The summed E-state index contributed by atoms with van der Waals surface area (Å²) in [5.74, 6) is -3.98. The molecule has 6 heterocycles. The number of benzene rings is 2. The van der Waals surface area contributed by atoms with E-state index in [-0.39, 0.29) is 113 Å². The highest BCUT2D eigenvalue weighted by atomic mass is 35.5. The Kier molecular flexibility index (Phi) is 23.1. The highest BCUT2D eigenvalue weighted by Gasteiger charge is 2.24. The van der Waals surface area contributed by atoms with Crippen LogP contribution in [-0.2, 0) is 48.2 Å². The Labute approximate surface area is 501 Å². The second-order valence-corrected chi connectivity index (χ2v) is 19.8. The van der Waals surface area contributed by atoms with Gasteiger partial charge in [0.25, 0.3) is 5.91 Å². The molecule has 8 N–H and O–H groups in total. The molecule has 87 heavy (non-hydrogen) atoms. The first kappa shape index (κ1) is 63.5. The number of nitrogens with two attached hydrogens (primary N) is 1. The molecule has 0 unspecified atom stereocenters. The van der Waals surface area contributed by atoms with Crippen molar-refractivity contribution in [2.24, 2.45) is 0 Å². The number of aromatic nitrogens is 11. The Morgan fingerprint density at radius 3 is 2.30 bits per heavy atom. The van der Waals surface area contributed by atoms with E-state index in [9.17, 15) is 34.2 Å². The molecule has 0 fully saturated rings. The van der Waals surface area contributed by atoms with Gasteiger partial charge in [-0.2, -0.15) is 15.2 Å². The quantitative estimate of drug-likeness (QED) is 0.0221. The number of carboxylic acids is 1. The number of carbonyl (C=O) groups is 3. The molecule has 0 spiro atoms. The van der Waals surface area contributed by atoms with E-state index in [0.717, 1.165) is 12.8 Å². The summed E-state index contributed by atoms with van der Waals surface area (Å²) in [6.45, 7) is 7.26. The van der Waals surface area contributed by atoms with Crippen molar-refractivity contribution in [1.29, 1.82) is 5.26 Å². The van der Waals surface area contributed by atoms with Crippen molar-refractivity contribution >= 4 is 68.9 Å². The Balaban J connectivity index is 0.614. The third-order valence-electron chi connectivity index (χ3n) is 13.0. The molecule has 30 heteroatoms. The fourth-order valence-electron chi connectivity index (χ4n) is 8.50. The lowest BCUT2D eigenvalue weighted by molar-refractivity contribution is -0.139. The number of hydrogen-bond donors (Lipinski definition) is 7. The molecule has 2 amide bonds. The van der Waals surface area contributed by atoms with Gasteiger partial charge >= 0.3 is 12.0 Å². The number of aromatic hydroxyl groups is 1. The number of nitrogens with zero attached hydrogens (tertiary/aromatic N) is 12. The molecule has 0 saturated carbocycles. The van der Waals surface area contributed by atoms with Crippen LogP contribution >= 0.6 is 11.6 Å². The molecule has 0 bridgehead atoms. The number of carbonyl (C=O) groups excluding carboxylic acids is 2. The van der Waals surface area contributed by atoms with Crippen LogP contribution in [0.15, 0.2) is 73.3 Å². The van der Waals surface area contributed by atoms with Gasteiger partial charge in [-0.3, -0.25) is 14.3 Å². The van der Waals surface area contributed by atoms with Crippen molar-refractivity contribution in [3.8, 4) is 29.2 Å². The number of pyridine rings is 2. The monoisotopic (exact) mass is 1220 g/mol. The first-order valence-corrected chi connectivity index (χ1v) is 27.9. The van der Waals surface area contributed by atoms with Crippen LogP contribution in [0.25, 0.3) is 33.5 Å². The number of nitrogens with one attached hydrogen (secondary N) is 4. The number of aliphatic carboxylic acids is 1. The molecular weight excluding hydrogens is 1160 g/mol. The van der Waals surface area contributed by atoms with Gasteiger partial charge in [0.05, 0.1) is 124 Å². The number of nitriles is 1. The first-order chi connectivity index (χ1) is 42.1. The number of anilines is 3. The number of aryl methyl sites for hydroxylation is 2. The Bertz CT molecular complexity index is 3700. The second-order valence-electron chi connectivity index (χ2n) is 19.4. The van der Waals surface area contributed by atoms with Crippen LogP contribution in [0.2, 0.25) is 5.02 Å². The lowest BCUT2D eigenvalue weighted by Gasteiger charge is -2.20. The smallest absolute Gasteiger partial charge is 0.326 e. The van der Waals surface area contributed by atoms with Crippen LogP contribution < -0.4 is 31.7 Å². The van der Waals surface area contributed by atoms with E-state index < -0.39 is 41.5 Å². The van der Waals surface area contributed by atoms with Crippen molar-refractivity contribution in [3.05, 3.63) is 124 Å². The summed E-state index contributed by atoms with van der Waals surface area (Å²) >= 11 is 6.68. The Hall–Kier alpha value is -9.47. The first-order valence-electron chi connectivity index (χ1n) is 27.5. The number of ether oxygens (including phenoxy) is 5. The van der Waals surface area contributed by atoms with Gasteiger partial charge in [-0.15, -0.1) is 5.10 Å². The SMILES string of the molecule is Cc1nc2cc(F)c(-c3cnc(OCCCCCn4cc(COCCOCCOCCOCCNC(=O)CC[C@H](NC(=O)c5ccc(NCc6cnc7nc(N)nc(O)c7n6)cc5)C(=O)O)nn4)nc3)nc2c(N[C@H](C)c2cc(C#N)ccc2F)c1Cl. The zero-order valence-corrected chi connectivity index (χ0v) is 48.1. The van der Waals surface area contributed by atoms with E-state index in [1.54, 1.807) is 30.7 Å². The van der Waals surface area contributed by atoms with Gasteiger partial charge in [0.1, 0.15) is 28.8 Å². The average Bonchev–Trinajstić information content (AvgIpc) is 3.60. The van der Waals surface area contributed by atoms with E-state index >= 15 is 4.39 Å². The molecule has 8 aromatic rings. The van der Waals surface area contributed by atoms with Gasteiger partial charge in [0.15, 0.2) is 17.0 Å². The van der Waals surface area contributed by atoms with Crippen LogP contribution in [0, 0.1) is 29.9 Å². The van der Waals surface area contributed by atoms with E-state index in [1.807, 2.05) is 12.3 Å². The summed E-state index contributed by atoms with van der Waals surface area (Å²) in [7, 11) is 0. The van der Waals surface area contributed by atoms with E-state index in [2.05, 4.69) is 71.5 Å². The average molecular weight is 1220 g/mol. The van der Waals surface area contributed by atoms with Gasteiger partial charge in [0, 0.05) is 60.3 Å². The normalized spacial score (nSPS) is 12.0. The molecule has 0 aliphatic rings. The molecule has 456 valence electrons. The van der Waals surface area contributed by atoms with Crippen molar-refractivity contribution in [1.82, 2.24) is 65.5 Å². The van der Waals surface area contributed by atoms with E-state index in [0.29, 0.717) is 86.6 Å². The van der Waals surface area contributed by atoms with Gasteiger partial charge < -0.3 is 60.9 Å². The predicted octanol–water partition coefficient (Wildman–Crippen LogP) is 6.19. The largest absolute Gasteiger partial charge is 0.492 e. The molecule has 0 saturated heterocycles. The lowest BCUT2D eigenvalue weighted by atomic mass is 10.0. The van der Waals surface area contributed by atoms with Crippen LogP contribution in [0.5, 0.6) is 11.9 Å². The van der Waals surface area contributed by atoms with E-state index in [1.165, 1.54) is 55.0 Å². The summed E-state index contributed by atoms with van der Waals surface area (Å²) in [5, 5.41) is 49.1. The number of halogens is 3. The van der Waals surface area contributed by atoms with Gasteiger partial charge in [-0.1, -0.05) is 16.8 Å². The molecule has 0 radical (unpaired) electrons. The summed E-state index contributed by atoms with van der Waals surface area (Å²) in [6.07, 6.45) is 8.21. The van der Waals surface area contributed by atoms with Crippen LogP contribution in [0.1, 0.15) is 83.6 Å². The molecule has 0 aliphatic carbocycles. The third-order valence-corrected chi connectivity index (χ3v) is 13.5. The minimum atomic E-state index is -1.30. The fraction of sp³-hybridized carbons (Fsp3) is 0.368. The van der Waals surface area contributed by atoms with Crippen molar-refractivity contribution in [3.63, 3.8) is 0 Å². The predicted molar refractivity (Wildman–Crippen MR) is 311 cm³/mol. The Morgan fingerprint density at radius 1 is 0.828 bits per heavy atom. The number of nitrogen functional groups attached to an aromatic ring is 1. The molecule has 27 nitrogen and oxygen atoms in total. The minimum Gasteiger partial charge on any atom is -0.492 e. The summed E-state index contributed by atoms with van der Waals surface area (Å²) in [6, 6.07) is 11.8. The van der Waals surface area contributed by atoms with Crippen LogP contribution in [0.4, 0.5) is 26.1 Å². The maximum atomic E-state index is 15.5. The standard InChI is InChI=1S/C57H62ClF2N17O10/c1-33(41-24-35(26-61)6-11-42(41)59)69-50-47(58)34(2)68-45-25-43(60)48(72-49(45)50)37-27-66-57(67-28-37)87-16-5-3-4-15-77-31-40(75-76-77)32-86-23-22-85-21-20-84-19-18-83-17-14-63-46(78)13-12-44(55(81)82)71-53(79)36-7-9-38(10-8-36)64-29-39-30-65-52-51(70-39)54(80)74-56(62)73-52/h6-11,24-25,27-28,30-31,33,44,64H,3-5,12-23,29,32H2,1-2H3,(H,63,78)(H,68,69)(H,71,79)(H,81,82)(H3,62,65,73,74,80)/t33-,44+/m1/s1. The zero-order chi connectivity index (χ0) is 61.7. The fourth-order valence-corrected chi connectivity index (χ4v) is 8.69. The third kappa shape index (κ3) is 18.5. The van der Waals surface area contributed by atoms with E-state index in [4.69, 9.17) is 41.0 Å². The lowest BCUT2D eigenvalue weighted by Crippen LogP contribution is -2.41. The summed E-state index contributed by atoms with van der Waals surface area (Å²) in [5.41, 5.74) is 9.80. The maximum Gasteiger partial charge on any atom is 0.326 e. The number of rotatable bonds is 34. The number of fused-ring (bicyclic) bond motifs is 2. The topological polar surface area (TPSA) is 370 Å². The van der Waals surface area contributed by atoms with Gasteiger partial charge in [0.2, 0.25) is 17.7 Å². The maximum absolute atomic E-state index is 15.5. The molecule has 0 aliphatic heterocycles. The molecular formula is C57H62ClF2N17O10. The number of hydrogen-bond acceptors (Lipinski definition) is 23. The number of unbranched alkanes of at least 4 members (excludes halogenated alkanes) is 2. The summed E-state index contributed by atoms with van der Waals surface area (Å²) in [4.78, 5) is 70.7.